The van der Waals surface area contributed by atoms with Crippen molar-refractivity contribution in [1.82, 2.24) is 4.98 Å². The molecule has 10 heteroatoms. The van der Waals surface area contributed by atoms with Crippen molar-refractivity contribution in [3.63, 3.8) is 0 Å². The Morgan fingerprint density at radius 3 is 1.92 bits per heavy atom. The summed E-state index contributed by atoms with van der Waals surface area (Å²) < 4.78 is 14.3. The summed E-state index contributed by atoms with van der Waals surface area (Å²) in [6.45, 7) is 3.96. The SMILES string of the molecule is CCOC(=O)C(=O)CBr.CCOC(=O)c1coc(/C=C/c2ccccc2)n1.NC(=O)/C=C/c1ccccc1. The lowest BCUT2D eigenvalue weighted by atomic mass is 10.2. The molecule has 0 aliphatic rings. The van der Waals surface area contributed by atoms with Gasteiger partial charge in [0, 0.05) is 12.2 Å². The minimum absolute atomic E-state index is 0.0336. The summed E-state index contributed by atoms with van der Waals surface area (Å²) in [5.41, 5.74) is 7.11. The van der Waals surface area contributed by atoms with Crippen LogP contribution in [0, 0.1) is 0 Å². The molecule has 2 aromatic carbocycles. The zero-order chi connectivity index (χ0) is 28.2. The lowest BCUT2D eigenvalue weighted by Gasteiger charge is -1.95. The molecule has 0 atom stereocenters. The molecule has 0 aliphatic heterocycles. The number of halogens is 1. The number of rotatable bonds is 9. The first-order chi connectivity index (χ1) is 18.3. The maximum atomic E-state index is 11.4. The van der Waals surface area contributed by atoms with Crippen molar-refractivity contribution in [3.8, 4) is 0 Å². The molecule has 0 saturated carbocycles. The number of benzene rings is 2. The third-order valence-corrected chi connectivity index (χ3v) is 4.60. The van der Waals surface area contributed by atoms with Gasteiger partial charge in [-0.1, -0.05) is 76.6 Å². The van der Waals surface area contributed by atoms with Crippen LogP contribution in [0.15, 0.2) is 77.4 Å². The fraction of sp³-hybridized carbons (Fsp3) is 0.179. The predicted octanol–water partition coefficient (Wildman–Crippen LogP) is 4.72. The van der Waals surface area contributed by atoms with Crippen LogP contribution < -0.4 is 5.73 Å². The number of primary amides is 1. The summed E-state index contributed by atoms with van der Waals surface area (Å²) >= 11 is 2.83. The van der Waals surface area contributed by atoms with Gasteiger partial charge in [0.15, 0.2) is 5.69 Å². The number of amides is 1. The Morgan fingerprint density at radius 2 is 1.42 bits per heavy atom. The quantitative estimate of drug-likeness (QED) is 0.165. The fourth-order valence-corrected chi connectivity index (χ4v) is 2.63. The second-order valence-corrected chi connectivity index (χ2v) is 7.52. The Hall–Kier alpha value is -4.31. The van der Waals surface area contributed by atoms with Gasteiger partial charge in [-0.15, -0.1) is 0 Å². The second kappa shape index (κ2) is 18.9. The van der Waals surface area contributed by atoms with Crippen molar-refractivity contribution in [2.45, 2.75) is 13.8 Å². The predicted molar refractivity (Wildman–Crippen MR) is 148 cm³/mol. The summed E-state index contributed by atoms with van der Waals surface area (Å²) in [6, 6.07) is 19.3. The van der Waals surface area contributed by atoms with Gasteiger partial charge in [0.1, 0.15) is 6.26 Å². The first kappa shape index (κ1) is 31.7. The Labute approximate surface area is 229 Å². The Balaban J connectivity index is 0.000000310. The number of oxazole rings is 1. The number of aromatic nitrogens is 1. The summed E-state index contributed by atoms with van der Waals surface area (Å²) in [5, 5.41) is 0.0336. The molecular formula is C28H29BrN2O7. The van der Waals surface area contributed by atoms with E-state index < -0.39 is 23.6 Å². The van der Waals surface area contributed by atoms with Crippen LogP contribution >= 0.6 is 15.9 Å². The van der Waals surface area contributed by atoms with Crippen molar-refractivity contribution in [2.75, 3.05) is 18.5 Å². The van der Waals surface area contributed by atoms with E-state index in [4.69, 9.17) is 14.9 Å². The lowest BCUT2D eigenvalue weighted by molar-refractivity contribution is -0.152. The number of carbonyl (C=O) groups excluding carboxylic acids is 4. The third-order valence-electron chi connectivity index (χ3n) is 4.09. The summed E-state index contributed by atoms with van der Waals surface area (Å²) in [5.74, 6) is -1.83. The molecule has 3 aromatic rings. The number of hydrogen-bond acceptors (Lipinski definition) is 8. The van der Waals surface area contributed by atoms with Crippen LogP contribution in [-0.4, -0.2) is 47.2 Å². The molecule has 0 spiro atoms. The van der Waals surface area contributed by atoms with Crippen molar-refractivity contribution in [2.24, 2.45) is 5.73 Å². The van der Waals surface area contributed by atoms with Crippen LogP contribution in [-0.2, 0) is 23.9 Å². The number of Topliss-reactive ketones (excluding diaryl/α,β-unsaturated/α-hetero) is 1. The molecule has 200 valence electrons. The van der Waals surface area contributed by atoms with Gasteiger partial charge < -0.3 is 19.6 Å². The average molecular weight is 585 g/mol. The van der Waals surface area contributed by atoms with Gasteiger partial charge >= 0.3 is 11.9 Å². The number of alkyl halides is 1. The minimum Gasteiger partial charge on any atom is -0.461 e. The van der Waals surface area contributed by atoms with Gasteiger partial charge in [-0.25, -0.2) is 14.6 Å². The van der Waals surface area contributed by atoms with E-state index >= 15 is 0 Å². The molecule has 2 N–H and O–H groups in total. The van der Waals surface area contributed by atoms with Gasteiger partial charge in [0.25, 0.3) is 0 Å². The van der Waals surface area contributed by atoms with E-state index in [9.17, 15) is 19.2 Å². The Bertz CT molecular complexity index is 1210. The molecule has 3 rings (SSSR count). The highest BCUT2D eigenvalue weighted by molar-refractivity contribution is 9.09. The zero-order valence-electron chi connectivity index (χ0n) is 21.0. The molecule has 38 heavy (non-hydrogen) atoms. The number of ketones is 1. The number of ether oxygens (including phenoxy) is 2. The monoisotopic (exact) mass is 584 g/mol. The Morgan fingerprint density at radius 1 is 0.868 bits per heavy atom. The van der Waals surface area contributed by atoms with E-state index in [1.54, 1.807) is 26.0 Å². The Kier molecular flexibility index (Phi) is 15.8. The van der Waals surface area contributed by atoms with Gasteiger partial charge in [-0.2, -0.15) is 0 Å². The van der Waals surface area contributed by atoms with Crippen LogP contribution in [0.1, 0.15) is 41.4 Å². The second-order valence-electron chi connectivity index (χ2n) is 6.96. The van der Waals surface area contributed by atoms with Crippen molar-refractivity contribution in [1.29, 1.82) is 0 Å². The van der Waals surface area contributed by atoms with Gasteiger partial charge in [-0.05, 0) is 37.1 Å². The molecule has 0 unspecified atom stereocenters. The smallest absolute Gasteiger partial charge is 0.375 e. The van der Waals surface area contributed by atoms with E-state index in [0.717, 1.165) is 11.1 Å². The van der Waals surface area contributed by atoms with E-state index in [1.165, 1.54) is 12.3 Å². The first-order valence-electron chi connectivity index (χ1n) is 11.4. The third kappa shape index (κ3) is 13.7. The van der Waals surface area contributed by atoms with Crippen molar-refractivity contribution < 1.29 is 33.1 Å². The normalized spacial score (nSPS) is 10.1. The number of nitrogens with two attached hydrogens (primary N) is 1. The van der Waals surface area contributed by atoms with Crippen LogP contribution in [0.5, 0.6) is 0 Å². The molecule has 0 saturated heterocycles. The molecule has 1 amide bonds. The molecule has 0 bridgehead atoms. The molecule has 1 heterocycles. The van der Waals surface area contributed by atoms with Gasteiger partial charge in [-0.3, -0.25) is 9.59 Å². The topological polar surface area (TPSA) is 139 Å². The highest BCUT2D eigenvalue weighted by Gasteiger charge is 2.12. The maximum Gasteiger partial charge on any atom is 0.375 e. The zero-order valence-corrected chi connectivity index (χ0v) is 22.6. The van der Waals surface area contributed by atoms with Crippen molar-refractivity contribution >= 4 is 57.8 Å². The summed E-state index contributed by atoms with van der Waals surface area (Å²) in [7, 11) is 0. The van der Waals surface area contributed by atoms with E-state index in [1.807, 2.05) is 66.7 Å². The molecule has 0 aliphatic carbocycles. The standard InChI is InChI=1S/C14H13NO3.C9H9NO.C5H7BrO3/c1-2-17-14(16)12-10-18-13(15-12)9-8-11-6-4-3-5-7-11;10-9(11)7-6-8-4-2-1-3-5-8;1-2-9-5(8)4(7)3-6/h3-10H,2H2,1H3;1-7H,(H2,10,11);2-3H2,1H3/b9-8+;7-6+;. The molecule has 0 radical (unpaired) electrons. The van der Waals surface area contributed by atoms with Crippen LogP contribution in [0.2, 0.25) is 0 Å². The number of nitrogens with zero attached hydrogens (tertiary/aromatic N) is 1. The maximum absolute atomic E-state index is 11.4. The average Bonchev–Trinajstić information content (AvgIpc) is 3.42. The van der Waals surface area contributed by atoms with Gasteiger partial charge in [0.2, 0.25) is 17.6 Å². The lowest BCUT2D eigenvalue weighted by Crippen LogP contribution is -2.17. The largest absolute Gasteiger partial charge is 0.461 e. The number of esters is 2. The van der Waals surface area contributed by atoms with Crippen LogP contribution in [0.25, 0.3) is 18.2 Å². The first-order valence-corrected chi connectivity index (χ1v) is 12.6. The van der Waals surface area contributed by atoms with Crippen LogP contribution in [0.4, 0.5) is 0 Å². The summed E-state index contributed by atoms with van der Waals surface area (Å²) in [6.07, 6.45) is 7.89. The number of hydrogen-bond donors (Lipinski definition) is 1. The molecule has 1 aromatic heterocycles. The van der Waals surface area contributed by atoms with Gasteiger partial charge in [0.05, 0.1) is 18.5 Å². The van der Waals surface area contributed by atoms with E-state index in [-0.39, 0.29) is 17.6 Å². The fourth-order valence-electron chi connectivity index (χ4n) is 2.40. The van der Waals surface area contributed by atoms with E-state index in [0.29, 0.717) is 12.5 Å². The van der Waals surface area contributed by atoms with Crippen molar-refractivity contribution in [3.05, 3.63) is 95.7 Å². The molecule has 0 fully saturated rings. The molecular weight excluding hydrogens is 556 g/mol. The highest BCUT2D eigenvalue weighted by Crippen LogP contribution is 2.09. The summed E-state index contributed by atoms with van der Waals surface area (Å²) in [4.78, 5) is 46.4. The van der Waals surface area contributed by atoms with E-state index in [2.05, 4.69) is 25.7 Å². The highest BCUT2D eigenvalue weighted by atomic mass is 79.9. The number of carbonyl (C=O) groups is 4. The minimum atomic E-state index is -0.769. The van der Waals surface area contributed by atoms with Crippen LogP contribution in [0.3, 0.4) is 0 Å². The molecule has 9 nitrogen and oxygen atoms in total.